The standard InChI is InChI=1S/C12H16F3NO/c1-7-5-9(17)6-8(2)11(7)10(16)3-4-12(13,14)15/h5-6,10,17H,3-4,16H2,1-2H3/t10-/m1/s1. The normalized spacial score (nSPS) is 13.8. The molecular weight excluding hydrogens is 231 g/mol. The Morgan fingerprint density at radius 2 is 1.71 bits per heavy atom. The number of rotatable bonds is 3. The number of alkyl halides is 3. The van der Waals surface area contributed by atoms with Gasteiger partial charge in [-0.05, 0) is 49.1 Å². The highest BCUT2D eigenvalue weighted by Crippen LogP contribution is 2.30. The molecule has 0 fully saturated rings. The molecule has 0 aromatic heterocycles. The van der Waals surface area contributed by atoms with E-state index in [1.165, 1.54) is 12.1 Å². The van der Waals surface area contributed by atoms with Gasteiger partial charge in [-0.25, -0.2) is 0 Å². The summed E-state index contributed by atoms with van der Waals surface area (Å²) >= 11 is 0. The molecule has 0 amide bonds. The maximum absolute atomic E-state index is 12.1. The van der Waals surface area contributed by atoms with E-state index in [2.05, 4.69) is 0 Å². The summed E-state index contributed by atoms with van der Waals surface area (Å²) in [6, 6.07) is 2.36. The lowest BCUT2D eigenvalue weighted by atomic mass is 9.93. The van der Waals surface area contributed by atoms with Gasteiger partial charge in [-0.1, -0.05) is 0 Å². The van der Waals surface area contributed by atoms with Gasteiger partial charge in [0.05, 0.1) is 0 Å². The number of phenols is 1. The van der Waals surface area contributed by atoms with E-state index in [-0.39, 0.29) is 12.2 Å². The number of hydrogen-bond donors (Lipinski definition) is 2. The fourth-order valence-corrected chi connectivity index (χ4v) is 2.00. The molecule has 2 nitrogen and oxygen atoms in total. The second-order valence-electron chi connectivity index (χ2n) is 4.25. The fourth-order valence-electron chi connectivity index (χ4n) is 2.00. The molecule has 0 aliphatic rings. The van der Waals surface area contributed by atoms with E-state index in [1.54, 1.807) is 13.8 Å². The van der Waals surface area contributed by atoms with Crippen molar-refractivity contribution in [2.45, 2.75) is 38.9 Å². The van der Waals surface area contributed by atoms with Gasteiger partial charge in [0.2, 0.25) is 0 Å². The maximum atomic E-state index is 12.1. The first-order chi connectivity index (χ1) is 7.70. The average Bonchev–Trinajstić information content (AvgIpc) is 2.11. The first-order valence-electron chi connectivity index (χ1n) is 5.33. The number of hydrogen-bond acceptors (Lipinski definition) is 2. The summed E-state index contributed by atoms with van der Waals surface area (Å²) in [6.07, 6.45) is -5.22. The molecule has 3 N–H and O–H groups in total. The summed E-state index contributed by atoms with van der Waals surface area (Å²) in [5, 5.41) is 9.34. The van der Waals surface area contributed by atoms with Crippen LogP contribution in [-0.2, 0) is 0 Å². The Balaban J connectivity index is 2.86. The van der Waals surface area contributed by atoms with Crippen LogP contribution >= 0.6 is 0 Å². The maximum Gasteiger partial charge on any atom is 0.389 e. The molecular formula is C12H16F3NO. The summed E-state index contributed by atoms with van der Waals surface area (Å²) in [6.45, 7) is 3.46. The Labute approximate surface area is 98.3 Å². The van der Waals surface area contributed by atoms with Gasteiger partial charge < -0.3 is 10.8 Å². The van der Waals surface area contributed by atoms with Crippen molar-refractivity contribution in [2.75, 3.05) is 0 Å². The Hall–Kier alpha value is -1.23. The lowest BCUT2D eigenvalue weighted by Gasteiger charge is -2.18. The zero-order chi connectivity index (χ0) is 13.2. The minimum atomic E-state index is -4.18. The van der Waals surface area contributed by atoms with E-state index in [1.807, 2.05) is 0 Å². The Morgan fingerprint density at radius 1 is 1.24 bits per heavy atom. The zero-order valence-electron chi connectivity index (χ0n) is 9.80. The molecule has 0 spiro atoms. The number of halogens is 3. The van der Waals surface area contributed by atoms with Gasteiger partial charge in [0, 0.05) is 12.5 Å². The Bertz CT molecular complexity index is 378. The molecule has 96 valence electrons. The van der Waals surface area contributed by atoms with Crippen LogP contribution in [0, 0.1) is 13.8 Å². The van der Waals surface area contributed by atoms with Crippen LogP contribution in [0.3, 0.4) is 0 Å². The topological polar surface area (TPSA) is 46.2 Å². The number of benzene rings is 1. The molecule has 1 aromatic carbocycles. The third kappa shape index (κ3) is 3.93. The van der Waals surface area contributed by atoms with Crippen LogP contribution in [-0.4, -0.2) is 11.3 Å². The molecule has 1 aromatic rings. The molecule has 1 atom stereocenters. The van der Waals surface area contributed by atoms with Crippen molar-refractivity contribution in [1.82, 2.24) is 0 Å². The quantitative estimate of drug-likeness (QED) is 0.860. The third-order valence-corrected chi connectivity index (χ3v) is 2.69. The lowest BCUT2D eigenvalue weighted by Crippen LogP contribution is -2.17. The molecule has 0 bridgehead atoms. The van der Waals surface area contributed by atoms with E-state index in [9.17, 15) is 18.3 Å². The van der Waals surface area contributed by atoms with Gasteiger partial charge in [-0.3, -0.25) is 0 Å². The highest BCUT2D eigenvalue weighted by molar-refractivity contribution is 5.42. The van der Waals surface area contributed by atoms with Crippen molar-refractivity contribution in [3.63, 3.8) is 0 Å². The van der Waals surface area contributed by atoms with Crippen molar-refractivity contribution in [1.29, 1.82) is 0 Å². The van der Waals surface area contributed by atoms with Crippen molar-refractivity contribution >= 4 is 0 Å². The predicted molar refractivity (Wildman–Crippen MR) is 59.8 cm³/mol. The van der Waals surface area contributed by atoms with E-state index in [0.717, 1.165) is 11.1 Å². The molecule has 0 saturated carbocycles. The van der Waals surface area contributed by atoms with Crippen LogP contribution in [0.4, 0.5) is 13.2 Å². The molecule has 17 heavy (non-hydrogen) atoms. The van der Waals surface area contributed by atoms with Gasteiger partial charge in [-0.2, -0.15) is 13.2 Å². The lowest BCUT2D eigenvalue weighted by molar-refractivity contribution is -0.136. The van der Waals surface area contributed by atoms with Crippen molar-refractivity contribution in [2.24, 2.45) is 5.73 Å². The van der Waals surface area contributed by atoms with Crippen molar-refractivity contribution < 1.29 is 18.3 Å². The second-order valence-corrected chi connectivity index (χ2v) is 4.25. The monoisotopic (exact) mass is 247 g/mol. The van der Waals surface area contributed by atoms with Gasteiger partial charge in [0.15, 0.2) is 0 Å². The zero-order valence-corrected chi connectivity index (χ0v) is 9.80. The molecule has 0 radical (unpaired) electrons. The Kier molecular flexibility index (Phi) is 4.03. The summed E-state index contributed by atoms with van der Waals surface area (Å²) < 4.78 is 36.3. The molecule has 0 heterocycles. The fraction of sp³-hybridized carbons (Fsp3) is 0.500. The highest BCUT2D eigenvalue weighted by atomic mass is 19.4. The summed E-state index contributed by atoms with van der Waals surface area (Å²) in [7, 11) is 0. The minimum absolute atomic E-state index is 0.103. The van der Waals surface area contributed by atoms with Crippen molar-refractivity contribution in [3.8, 4) is 5.75 Å². The van der Waals surface area contributed by atoms with Crippen LogP contribution in [0.5, 0.6) is 5.75 Å². The van der Waals surface area contributed by atoms with Gasteiger partial charge in [0.25, 0.3) is 0 Å². The number of phenolic OH excluding ortho intramolecular Hbond substituents is 1. The van der Waals surface area contributed by atoms with Crippen LogP contribution < -0.4 is 5.73 Å². The number of nitrogens with two attached hydrogens (primary N) is 1. The summed E-state index contributed by atoms with van der Waals surface area (Å²) in [5.41, 5.74) is 7.90. The van der Waals surface area contributed by atoms with Crippen molar-refractivity contribution in [3.05, 3.63) is 28.8 Å². The van der Waals surface area contributed by atoms with Crippen LogP contribution in [0.2, 0.25) is 0 Å². The van der Waals surface area contributed by atoms with Crippen LogP contribution in [0.1, 0.15) is 35.6 Å². The van der Waals surface area contributed by atoms with E-state index in [0.29, 0.717) is 5.56 Å². The number of aryl methyl sites for hydroxylation is 2. The highest BCUT2D eigenvalue weighted by Gasteiger charge is 2.28. The first kappa shape index (κ1) is 13.8. The molecule has 0 aliphatic carbocycles. The second kappa shape index (κ2) is 4.96. The van der Waals surface area contributed by atoms with Gasteiger partial charge in [-0.15, -0.1) is 0 Å². The van der Waals surface area contributed by atoms with Crippen LogP contribution in [0.25, 0.3) is 0 Å². The third-order valence-electron chi connectivity index (χ3n) is 2.69. The van der Waals surface area contributed by atoms with Gasteiger partial charge >= 0.3 is 6.18 Å². The molecule has 0 aliphatic heterocycles. The summed E-state index contributed by atoms with van der Waals surface area (Å²) in [4.78, 5) is 0. The SMILES string of the molecule is Cc1cc(O)cc(C)c1[C@H](N)CCC(F)(F)F. The van der Waals surface area contributed by atoms with E-state index in [4.69, 9.17) is 5.73 Å². The first-order valence-corrected chi connectivity index (χ1v) is 5.33. The predicted octanol–water partition coefficient (Wildman–Crippen LogP) is 3.35. The number of aromatic hydroxyl groups is 1. The Morgan fingerprint density at radius 3 is 2.12 bits per heavy atom. The largest absolute Gasteiger partial charge is 0.508 e. The molecule has 0 saturated heterocycles. The molecule has 1 rings (SSSR count). The smallest absolute Gasteiger partial charge is 0.389 e. The van der Waals surface area contributed by atoms with Gasteiger partial charge in [0.1, 0.15) is 5.75 Å². The molecule has 5 heteroatoms. The molecule has 0 unspecified atom stereocenters. The average molecular weight is 247 g/mol. The van der Waals surface area contributed by atoms with E-state index < -0.39 is 18.6 Å². The minimum Gasteiger partial charge on any atom is -0.508 e. The summed E-state index contributed by atoms with van der Waals surface area (Å²) in [5.74, 6) is 0.103. The van der Waals surface area contributed by atoms with E-state index >= 15 is 0 Å². The van der Waals surface area contributed by atoms with Crippen LogP contribution in [0.15, 0.2) is 12.1 Å².